The summed E-state index contributed by atoms with van der Waals surface area (Å²) >= 11 is 0. The van der Waals surface area contributed by atoms with Gasteiger partial charge in [0.1, 0.15) is 0 Å². The first-order valence-electron chi connectivity index (χ1n) is 4.02. The van der Waals surface area contributed by atoms with Crippen molar-refractivity contribution in [2.75, 3.05) is 13.2 Å². The van der Waals surface area contributed by atoms with Crippen molar-refractivity contribution in [1.29, 1.82) is 0 Å². The van der Waals surface area contributed by atoms with Crippen molar-refractivity contribution in [3.63, 3.8) is 0 Å². The lowest BCUT2D eigenvalue weighted by atomic mass is 10.1. The number of rotatable bonds is 0. The van der Waals surface area contributed by atoms with E-state index in [0.717, 1.165) is 19.1 Å². The normalized spacial score (nSPS) is 36.6. The Bertz CT molecular complexity index is 73.3. The molecule has 2 heteroatoms. The molecule has 60 valence electrons. The average molecular weight is 144 g/mol. The molecule has 10 heavy (non-hydrogen) atoms. The fraction of sp³-hybridized carbons (Fsp3) is 1.00. The Hall–Kier alpha value is -0.0800. The van der Waals surface area contributed by atoms with Crippen LogP contribution in [0.5, 0.6) is 0 Å². The summed E-state index contributed by atoms with van der Waals surface area (Å²) in [5.74, 6) is 0.757. The quantitative estimate of drug-likeness (QED) is 0.516. The Morgan fingerprint density at radius 1 is 1.00 bits per heavy atom. The minimum atomic E-state index is 0.00694. The van der Waals surface area contributed by atoms with Crippen molar-refractivity contribution in [3.8, 4) is 0 Å². The van der Waals surface area contributed by atoms with Gasteiger partial charge in [-0.05, 0) is 25.7 Å². The second kappa shape index (κ2) is 3.94. The summed E-state index contributed by atoms with van der Waals surface area (Å²) in [7, 11) is 0. The predicted molar refractivity (Wildman–Crippen MR) is 39.8 cm³/mol. The van der Waals surface area contributed by atoms with Crippen LogP contribution < -0.4 is 0 Å². The summed E-state index contributed by atoms with van der Waals surface area (Å²) < 4.78 is 10.7. The molecule has 0 saturated carbocycles. The number of hydrogen-bond acceptors (Lipinski definition) is 2. The molecule has 1 fully saturated rings. The third-order valence-electron chi connectivity index (χ3n) is 1.93. The maximum atomic E-state index is 5.33. The van der Waals surface area contributed by atoms with E-state index in [9.17, 15) is 0 Å². The molecule has 0 aliphatic carbocycles. The zero-order valence-electron chi connectivity index (χ0n) is 6.80. The summed E-state index contributed by atoms with van der Waals surface area (Å²) in [5.41, 5.74) is 0. The lowest BCUT2D eigenvalue weighted by Gasteiger charge is -2.20. The third-order valence-corrected chi connectivity index (χ3v) is 1.93. The van der Waals surface area contributed by atoms with Crippen LogP contribution in [0.25, 0.3) is 0 Å². The summed E-state index contributed by atoms with van der Waals surface area (Å²) in [6.07, 6.45) is 2.36. The second-order valence-corrected chi connectivity index (χ2v) is 2.99. The van der Waals surface area contributed by atoms with E-state index in [1.807, 2.05) is 6.92 Å². The van der Waals surface area contributed by atoms with Crippen molar-refractivity contribution < 1.29 is 9.47 Å². The van der Waals surface area contributed by atoms with Crippen LogP contribution in [-0.4, -0.2) is 19.5 Å². The van der Waals surface area contributed by atoms with E-state index in [1.54, 1.807) is 0 Å². The van der Waals surface area contributed by atoms with E-state index in [2.05, 4.69) is 6.92 Å². The van der Waals surface area contributed by atoms with Gasteiger partial charge in [-0.25, -0.2) is 0 Å². The number of ether oxygens (including phenoxy) is 2. The van der Waals surface area contributed by atoms with Gasteiger partial charge >= 0.3 is 0 Å². The highest BCUT2D eigenvalue weighted by Gasteiger charge is 2.09. The molecule has 1 saturated heterocycles. The first-order valence-corrected chi connectivity index (χ1v) is 4.02. The lowest BCUT2D eigenvalue weighted by molar-refractivity contribution is -0.144. The van der Waals surface area contributed by atoms with Crippen LogP contribution in [0.2, 0.25) is 0 Å². The second-order valence-electron chi connectivity index (χ2n) is 2.99. The molecule has 0 radical (unpaired) electrons. The molecule has 0 spiro atoms. The minimum Gasteiger partial charge on any atom is -0.353 e. The monoisotopic (exact) mass is 144 g/mol. The van der Waals surface area contributed by atoms with Crippen molar-refractivity contribution in [3.05, 3.63) is 0 Å². The molecule has 1 aliphatic heterocycles. The highest BCUT2D eigenvalue weighted by atomic mass is 16.7. The maximum absolute atomic E-state index is 5.33. The molecular formula is C8H16O2. The largest absolute Gasteiger partial charge is 0.353 e. The van der Waals surface area contributed by atoms with Crippen molar-refractivity contribution >= 4 is 0 Å². The fourth-order valence-electron chi connectivity index (χ4n) is 1.06. The van der Waals surface area contributed by atoms with Crippen molar-refractivity contribution in [1.82, 2.24) is 0 Å². The summed E-state index contributed by atoms with van der Waals surface area (Å²) in [6.45, 7) is 5.89. The smallest absolute Gasteiger partial charge is 0.154 e. The molecule has 1 heterocycles. The van der Waals surface area contributed by atoms with Crippen LogP contribution in [0.3, 0.4) is 0 Å². The van der Waals surface area contributed by atoms with Gasteiger partial charge < -0.3 is 9.47 Å². The van der Waals surface area contributed by atoms with Crippen LogP contribution in [0.4, 0.5) is 0 Å². The van der Waals surface area contributed by atoms with E-state index >= 15 is 0 Å². The van der Waals surface area contributed by atoms with E-state index in [1.165, 1.54) is 12.8 Å². The van der Waals surface area contributed by atoms with Crippen LogP contribution in [-0.2, 0) is 9.47 Å². The van der Waals surface area contributed by atoms with Gasteiger partial charge in [0.15, 0.2) is 6.29 Å². The van der Waals surface area contributed by atoms with Crippen molar-refractivity contribution in [2.45, 2.75) is 33.0 Å². The number of hydrogen-bond donors (Lipinski definition) is 0. The maximum Gasteiger partial charge on any atom is 0.154 e. The summed E-state index contributed by atoms with van der Waals surface area (Å²) in [4.78, 5) is 0. The fourth-order valence-corrected chi connectivity index (χ4v) is 1.06. The topological polar surface area (TPSA) is 18.5 Å². The first-order chi connectivity index (χ1) is 4.79. The average Bonchev–Trinajstić information content (AvgIpc) is 1.84. The first kappa shape index (κ1) is 8.02. The van der Waals surface area contributed by atoms with E-state index in [-0.39, 0.29) is 6.29 Å². The Morgan fingerprint density at radius 3 is 2.00 bits per heavy atom. The Morgan fingerprint density at radius 2 is 1.50 bits per heavy atom. The van der Waals surface area contributed by atoms with E-state index < -0.39 is 0 Å². The Labute approximate surface area is 62.5 Å². The van der Waals surface area contributed by atoms with Crippen LogP contribution in [0, 0.1) is 5.92 Å². The molecule has 0 N–H and O–H groups in total. The van der Waals surface area contributed by atoms with E-state index in [4.69, 9.17) is 9.47 Å². The molecule has 0 aromatic carbocycles. The molecule has 0 aromatic rings. The van der Waals surface area contributed by atoms with Crippen LogP contribution in [0.15, 0.2) is 0 Å². The van der Waals surface area contributed by atoms with Gasteiger partial charge in [0, 0.05) is 13.2 Å². The highest BCUT2D eigenvalue weighted by Crippen LogP contribution is 2.12. The van der Waals surface area contributed by atoms with E-state index in [0.29, 0.717) is 0 Å². The molecule has 1 rings (SSSR count). The molecule has 2 nitrogen and oxygen atoms in total. The Kier molecular flexibility index (Phi) is 3.16. The van der Waals surface area contributed by atoms with Crippen LogP contribution >= 0.6 is 0 Å². The minimum absolute atomic E-state index is 0.00694. The molecule has 1 aliphatic rings. The molecule has 0 amide bonds. The Balaban J connectivity index is 2.21. The lowest BCUT2D eigenvalue weighted by Crippen LogP contribution is -2.20. The molecule has 0 bridgehead atoms. The highest BCUT2D eigenvalue weighted by molar-refractivity contribution is 4.54. The molecule has 0 unspecified atom stereocenters. The molecule has 0 atom stereocenters. The standard InChI is InChI=1S/C8H16O2/c1-7-3-5-9-8(2)10-6-4-7/h7-8H,3-6H2,1-2H3. The van der Waals surface area contributed by atoms with Gasteiger partial charge in [-0.15, -0.1) is 0 Å². The van der Waals surface area contributed by atoms with Gasteiger partial charge in [0.25, 0.3) is 0 Å². The van der Waals surface area contributed by atoms with Gasteiger partial charge in [0.05, 0.1) is 0 Å². The molecular weight excluding hydrogens is 128 g/mol. The predicted octanol–water partition coefficient (Wildman–Crippen LogP) is 1.80. The van der Waals surface area contributed by atoms with Gasteiger partial charge in [-0.3, -0.25) is 0 Å². The molecule has 0 aromatic heterocycles. The van der Waals surface area contributed by atoms with Crippen LogP contribution in [0.1, 0.15) is 26.7 Å². The van der Waals surface area contributed by atoms with Gasteiger partial charge in [-0.1, -0.05) is 6.92 Å². The zero-order valence-corrected chi connectivity index (χ0v) is 6.80. The summed E-state index contributed by atoms with van der Waals surface area (Å²) in [5, 5.41) is 0. The SMILES string of the molecule is CC1CCOC(C)OCC1. The van der Waals surface area contributed by atoms with Crippen molar-refractivity contribution in [2.24, 2.45) is 5.92 Å². The third kappa shape index (κ3) is 2.67. The van der Waals surface area contributed by atoms with Gasteiger partial charge in [0.2, 0.25) is 0 Å². The zero-order chi connectivity index (χ0) is 7.40. The summed E-state index contributed by atoms with van der Waals surface area (Å²) in [6, 6.07) is 0. The van der Waals surface area contributed by atoms with Gasteiger partial charge in [-0.2, -0.15) is 0 Å².